The number of aromatic nitrogens is 2. The van der Waals surface area contributed by atoms with Gasteiger partial charge in [0.05, 0.1) is 30.7 Å². The van der Waals surface area contributed by atoms with Crippen LogP contribution in [0.3, 0.4) is 0 Å². The zero-order valence-electron chi connectivity index (χ0n) is 13.1. The maximum Gasteiger partial charge on any atom is 0.219 e. The molecule has 2 fully saturated rings. The van der Waals surface area contributed by atoms with Gasteiger partial charge in [-0.15, -0.1) is 0 Å². The van der Waals surface area contributed by atoms with Crippen LogP contribution in [0, 0.1) is 0 Å². The molecule has 0 radical (unpaired) electrons. The van der Waals surface area contributed by atoms with E-state index in [-0.39, 0.29) is 5.91 Å². The van der Waals surface area contributed by atoms with Crippen LogP contribution in [0.1, 0.15) is 44.2 Å². The molecule has 2 aliphatic heterocycles. The predicted molar refractivity (Wildman–Crippen MR) is 83.7 cm³/mol. The number of ether oxygens (including phenoxy) is 1. The Labute approximate surface area is 131 Å². The Morgan fingerprint density at radius 2 is 2.09 bits per heavy atom. The summed E-state index contributed by atoms with van der Waals surface area (Å²) >= 11 is 0. The van der Waals surface area contributed by atoms with E-state index in [9.17, 15) is 4.79 Å². The third-order valence-corrected chi connectivity index (χ3v) is 4.54. The first-order chi connectivity index (χ1) is 10.7. The number of likely N-dealkylation sites (tertiary alicyclic amines) is 1. The second-order valence-corrected chi connectivity index (χ2v) is 6.17. The topological polar surface area (TPSA) is 67.4 Å². The van der Waals surface area contributed by atoms with Crippen LogP contribution in [-0.2, 0) is 9.53 Å². The quantitative estimate of drug-likeness (QED) is 0.922. The Bertz CT molecular complexity index is 491. The van der Waals surface area contributed by atoms with E-state index in [0.29, 0.717) is 12.0 Å². The van der Waals surface area contributed by atoms with E-state index < -0.39 is 0 Å². The molecule has 0 aliphatic carbocycles. The summed E-state index contributed by atoms with van der Waals surface area (Å²) in [7, 11) is 0. The van der Waals surface area contributed by atoms with E-state index in [1.54, 1.807) is 6.92 Å². The van der Waals surface area contributed by atoms with Crippen molar-refractivity contribution in [1.29, 1.82) is 0 Å². The second kappa shape index (κ2) is 7.05. The molecule has 0 bridgehead atoms. The van der Waals surface area contributed by atoms with Crippen molar-refractivity contribution in [3.8, 4) is 0 Å². The van der Waals surface area contributed by atoms with E-state index in [4.69, 9.17) is 4.74 Å². The third kappa shape index (κ3) is 3.74. The van der Waals surface area contributed by atoms with Crippen LogP contribution in [0.4, 0.5) is 5.82 Å². The van der Waals surface area contributed by atoms with Gasteiger partial charge < -0.3 is 15.0 Å². The van der Waals surface area contributed by atoms with Crippen LogP contribution in [-0.4, -0.2) is 53.1 Å². The van der Waals surface area contributed by atoms with Gasteiger partial charge in [-0.05, 0) is 25.7 Å². The Hall–Kier alpha value is -1.69. The van der Waals surface area contributed by atoms with Crippen molar-refractivity contribution in [3.63, 3.8) is 0 Å². The number of piperidine rings is 1. The largest absolute Gasteiger partial charge is 0.379 e. The number of amides is 1. The molecule has 120 valence electrons. The lowest BCUT2D eigenvalue weighted by atomic mass is 9.94. The Morgan fingerprint density at radius 3 is 2.68 bits per heavy atom. The number of rotatable bonds is 3. The standard InChI is InChI=1S/C16H24N4O2/c1-12(21)20-6-4-13(5-7-20)15-9-18-16(10-17-15)19-14-3-2-8-22-11-14/h9-10,13-14H,2-8,11H2,1H3,(H,18,19). The molecule has 6 heteroatoms. The maximum atomic E-state index is 11.4. The molecule has 1 N–H and O–H groups in total. The summed E-state index contributed by atoms with van der Waals surface area (Å²) in [6, 6.07) is 0.340. The number of nitrogens with zero attached hydrogens (tertiary/aromatic N) is 3. The summed E-state index contributed by atoms with van der Waals surface area (Å²) < 4.78 is 5.46. The number of nitrogens with one attached hydrogen (secondary N) is 1. The molecule has 2 aliphatic rings. The summed E-state index contributed by atoms with van der Waals surface area (Å²) in [4.78, 5) is 22.3. The van der Waals surface area contributed by atoms with Crippen molar-refractivity contribution in [2.45, 2.75) is 44.6 Å². The lowest BCUT2D eigenvalue weighted by Gasteiger charge is -2.30. The normalized spacial score (nSPS) is 23.3. The van der Waals surface area contributed by atoms with Crippen molar-refractivity contribution in [2.75, 3.05) is 31.6 Å². The van der Waals surface area contributed by atoms with Crippen molar-refractivity contribution in [3.05, 3.63) is 18.1 Å². The summed E-state index contributed by atoms with van der Waals surface area (Å²) in [6.07, 6.45) is 7.85. The average Bonchev–Trinajstić information content (AvgIpc) is 2.57. The van der Waals surface area contributed by atoms with E-state index in [0.717, 1.165) is 63.5 Å². The highest BCUT2D eigenvalue weighted by Crippen LogP contribution is 2.26. The van der Waals surface area contributed by atoms with Crippen LogP contribution < -0.4 is 5.32 Å². The van der Waals surface area contributed by atoms with Crippen LogP contribution in [0.15, 0.2) is 12.4 Å². The third-order valence-electron chi connectivity index (χ3n) is 4.54. The summed E-state index contributed by atoms with van der Waals surface area (Å²) in [6.45, 7) is 4.88. The molecule has 22 heavy (non-hydrogen) atoms. The van der Waals surface area contributed by atoms with Gasteiger partial charge in [0.25, 0.3) is 0 Å². The van der Waals surface area contributed by atoms with Gasteiger partial charge >= 0.3 is 0 Å². The molecule has 2 saturated heterocycles. The van der Waals surface area contributed by atoms with Crippen LogP contribution >= 0.6 is 0 Å². The first-order valence-electron chi connectivity index (χ1n) is 8.14. The number of carbonyl (C=O) groups is 1. The first kappa shape index (κ1) is 15.2. The summed E-state index contributed by atoms with van der Waals surface area (Å²) in [5.74, 6) is 1.40. The molecular formula is C16H24N4O2. The van der Waals surface area contributed by atoms with E-state index >= 15 is 0 Å². The molecule has 0 aromatic carbocycles. The summed E-state index contributed by atoms with van der Waals surface area (Å²) in [5.41, 5.74) is 1.04. The lowest BCUT2D eigenvalue weighted by molar-refractivity contribution is -0.129. The average molecular weight is 304 g/mol. The van der Waals surface area contributed by atoms with Crippen molar-refractivity contribution >= 4 is 11.7 Å². The van der Waals surface area contributed by atoms with E-state index in [1.165, 1.54) is 0 Å². The van der Waals surface area contributed by atoms with Crippen molar-refractivity contribution < 1.29 is 9.53 Å². The Balaban J connectivity index is 1.54. The maximum absolute atomic E-state index is 11.4. The lowest BCUT2D eigenvalue weighted by Crippen LogP contribution is -2.36. The minimum absolute atomic E-state index is 0.166. The fourth-order valence-corrected chi connectivity index (χ4v) is 3.18. The highest BCUT2D eigenvalue weighted by molar-refractivity contribution is 5.73. The van der Waals surface area contributed by atoms with Crippen molar-refractivity contribution in [2.24, 2.45) is 0 Å². The van der Waals surface area contributed by atoms with Crippen LogP contribution in [0.25, 0.3) is 0 Å². The summed E-state index contributed by atoms with van der Waals surface area (Å²) in [5, 5.41) is 3.38. The van der Waals surface area contributed by atoms with Gasteiger partial charge in [0.2, 0.25) is 5.91 Å². The fraction of sp³-hybridized carbons (Fsp3) is 0.688. The molecule has 1 amide bonds. The minimum Gasteiger partial charge on any atom is -0.379 e. The smallest absolute Gasteiger partial charge is 0.219 e. The SMILES string of the molecule is CC(=O)N1CCC(c2cnc(NC3CCCOC3)cn2)CC1. The minimum atomic E-state index is 0.166. The zero-order valence-corrected chi connectivity index (χ0v) is 13.1. The highest BCUT2D eigenvalue weighted by atomic mass is 16.5. The van der Waals surface area contributed by atoms with Gasteiger partial charge in [0, 0.05) is 32.5 Å². The molecule has 3 rings (SSSR count). The first-order valence-corrected chi connectivity index (χ1v) is 8.14. The molecule has 1 unspecified atom stereocenters. The Kier molecular flexibility index (Phi) is 4.87. The molecular weight excluding hydrogens is 280 g/mol. The molecule has 1 atom stereocenters. The zero-order chi connectivity index (χ0) is 15.4. The predicted octanol–water partition coefficient (Wildman–Crippen LogP) is 1.79. The highest BCUT2D eigenvalue weighted by Gasteiger charge is 2.23. The van der Waals surface area contributed by atoms with Gasteiger partial charge in [-0.3, -0.25) is 9.78 Å². The fourth-order valence-electron chi connectivity index (χ4n) is 3.18. The molecule has 0 saturated carbocycles. The number of hydrogen-bond acceptors (Lipinski definition) is 5. The molecule has 1 aromatic heterocycles. The monoisotopic (exact) mass is 304 g/mol. The molecule has 0 spiro atoms. The van der Waals surface area contributed by atoms with Crippen molar-refractivity contribution in [1.82, 2.24) is 14.9 Å². The van der Waals surface area contributed by atoms with Crippen LogP contribution in [0.5, 0.6) is 0 Å². The number of hydrogen-bond donors (Lipinski definition) is 1. The van der Waals surface area contributed by atoms with Gasteiger partial charge in [0.1, 0.15) is 5.82 Å². The van der Waals surface area contributed by atoms with Gasteiger partial charge in [0.15, 0.2) is 0 Å². The van der Waals surface area contributed by atoms with E-state index in [2.05, 4.69) is 15.3 Å². The Morgan fingerprint density at radius 1 is 1.27 bits per heavy atom. The van der Waals surface area contributed by atoms with Crippen LogP contribution in [0.2, 0.25) is 0 Å². The number of carbonyl (C=O) groups excluding carboxylic acids is 1. The van der Waals surface area contributed by atoms with Gasteiger partial charge in [-0.2, -0.15) is 0 Å². The van der Waals surface area contributed by atoms with Gasteiger partial charge in [-0.1, -0.05) is 0 Å². The number of anilines is 1. The molecule has 6 nitrogen and oxygen atoms in total. The van der Waals surface area contributed by atoms with Gasteiger partial charge in [-0.25, -0.2) is 4.98 Å². The molecule has 3 heterocycles. The molecule has 1 aromatic rings. The van der Waals surface area contributed by atoms with E-state index in [1.807, 2.05) is 17.3 Å². The second-order valence-electron chi connectivity index (χ2n) is 6.17.